The lowest BCUT2D eigenvalue weighted by molar-refractivity contribution is -0.131. The summed E-state index contributed by atoms with van der Waals surface area (Å²) >= 11 is 0. The zero-order chi connectivity index (χ0) is 34.7. The molecule has 4 aromatic rings. The molecule has 2 fully saturated rings. The van der Waals surface area contributed by atoms with Crippen molar-refractivity contribution in [3.05, 3.63) is 89.5 Å². The highest BCUT2D eigenvalue weighted by Crippen LogP contribution is 2.47. The van der Waals surface area contributed by atoms with Crippen molar-refractivity contribution >= 4 is 46.1 Å². The van der Waals surface area contributed by atoms with E-state index in [2.05, 4.69) is 50.4 Å². The highest BCUT2D eigenvalue weighted by atomic mass is 16.4. The van der Waals surface area contributed by atoms with Crippen LogP contribution in [0.5, 0.6) is 0 Å². The Hall–Kier alpha value is -4.89. The summed E-state index contributed by atoms with van der Waals surface area (Å²) in [6.07, 6.45) is 12.3. The molecule has 260 valence electrons. The Bertz CT molecular complexity index is 1920. The van der Waals surface area contributed by atoms with Crippen LogP contribution in [0.4, 0.5) is 11.4 Å². The molecular weight excluding hydrogens is 628 g/mol. The first-order valence-corrected chi connectivity index (χ1v) is 18.1. The second-order valence-electron chi connectivity index (χ2n) is 14.1. The van der Waals surface area contributed by atoms with Gasteiger partial charge in [-0.15, -0.1) is 0 Å². The minimum absolute atomic E-state index is 0.100. The van der Waals surface area contributed by atoms with Gasteiger partial charge >= 0.3 is 5.97 Å². The number of carboxylic acids is 1. The number of para-hydroxylation sites is 1. The number of benzene rings is 3. The van der Waals surface area contributed by atoms with Gasteiger partial charge in [0.05, 0.1) is 12.3 Å². The average Bonchev–Trinajstić information content (AvgIpc) is 3.73. The number of β-amino-alcohol motifs (C(OH)–C–C–N with tert-alkyl or cyclic N) is 1. The third-order valence-electron chi connectivity index (χ3n) is 10.9. The van der Waals surface area contributed by atoms with Crippen LogP contribution in [0.15, 0.2) is 72.8 Å². The van der Waals surface area contributed by atoms with Crippen molar-refractivity contribution in [3.8, 4) is 11.3 Å². The van der Waals surface area contributed by atoms with Gasteiger partial charge in [0, 0.05) is 59.1 Å². The number of carbonyl (C=O) groups is 3. The van der Waals surface area contributed by atoms with Crippen LogP contribution < -0.4 is 15.5 Å². The number of aliphatic hydroxyl groups is 1. The van der Waals surface area contributed by atoms with Crippen molar-refractivity contribution in [3.63, 3.8) is 0 Å². The third-order valence-corrected chi connectivity index (χ3v) is 10.9. The lowest BCUT2D eigenvalue weighted by Gasteiger charge is -2.31. The van der Waals surface area contributed by atoms with Crippen LogP contribution in [-0.4, -0.2) is 57.8 Å². The zero-order valence-corrected chi connectivity index (χ0v) is 28.5. The molecular formula is C41H46N4O5. The largest absolute Gasteiger partial charge is 0.478 e. The second kappa shape index (κ2) is 14.5. The first-order valence-electron chi connectivity index (χ1n) is 18.1. The van der Waals surface area contributed by atoms with Gasteiger partial charge in [0.2, 0.25) is 5.91 Å². The second-order valence-corrected chi connectivity index (χ2v) is 14.1. The normalized spacial score (nSPS) is 17.6. The average molecular weight is 675 g/mol. The number of nitrogens with zero attached hydrogens (tertiary/aromatic N) is 2. The quantitative estimate of drug-likeness (QED) is 0.138. The summed E-state index contributed by atoms with van der Waals surface area (Å²) in [6, 6.07) is 21.6. The molecule has 3 aliphatic rings. The minimum Gasteiger partial charge on any atom is -0.478 e. The Labute approximate surface area is 293 Å². The van der Waals surface area contributed by atoms with E-state index in [0.717, 1.165) is 62.5 Å². The molecule has 1 aliphatic heterocycles. The summed E-state index contributed by atoms with van der Waals surface area (Å²) in [4.78, 5) is 41.1. The number of carboxylic acid groups (broad SMARTS) is 1. The lowest BCUT2D eigenvalue weighted by Crippen LogP contribution is -2.55. The van der Waals surface area contributed by atoms with Crippen LogP contribution in [-0.2, 0) is 16.1 Å². The third kappa shape index (κ3) is 6.66. The van der Waals surface area contributed by atoms with Gasteiger partial charge in [0.25, 0.3) is 5.91 Å². The molecule has 2 amide bonds. The summed E-state index contributed by atoms with van der Waals surface area (Å²) in [7, 11) is 0. The van der Waals surface area contributed by atoms with Gasteiger partial charge in [0.1, 0.15) is 5.54 Å². The molecule has 0 radical (unpaired) electrons. The fourth-order valence-corrected chi connectivity index (χ4v) is 8.46. The van der Waals surface area contributed by atoms with Crippen LogP contribution in [0.25, 0.3) is 28.2 Å². The fourth-order valence-electron chi connectivity index (χ4n) is 8.46. The fraction of sp³-hybridized carbons (Fsp3) is 0.390. The van der Waals surface area contributed by atoms with Crippen molar-refractivity contribution < 1.29 is 24.6 Å². The maximum atomic E-state index is 14.1. The molecule has 2 heterocycles. The molecule has 1 aromatic heterocycles. The van der Waals surface area contributed by atoms with Gasteiger partial charge in [-0.25, -0.2) is 4.79 Å². The molecule has 0 atom stereocenters. The van der Waals surface area contributed by atoms with Crippen molar-refractivity contribution in [2.75, 3.05) is 29.9 Å². The molecule has 0 spiro atoms. The maximum Gasteiger partial charge on any atom is 0.328 e. The molecule has 0 saturated heterocycles. The first-order chi connectivity index (χ1) is 24.4. The number of aliphatic hydroxyl groups excluding tert-OH is 1. The maximum absolute atomic E-state index is 14.1. The minimum atomic E-state index is -1.02. The topological polar surface area (TPSA) is 124 Å². The molecule has 9 heteroatoms. The standard InChI is InChI=1S/C41H46N4O5/c46-26-25-44-23-8-24-45-35-27-30(16-19-32(35)37(29-9-2-1-3-10-29)38(45)33-11-4-5-12-34(33)44)39(49)43-41(21-6-7-22-41)40(50)42-31-17-13-28(14-18-31)15-20-36(47)48/h4-5,11-20,27,29,46H,1-3,6-10,21-26H2,(H,42,50)(H,43,49)(H,47,48). The molecule has 9 nitrogen and oxygen atoms in total. The van der Waals surface area contributed by atoms with Gasteiger partial charge in [-0.3, -0.25) is 9.59 Å². The van der Waals surface area contributed by atoms with E-state index >= 15 is 0 Å². The van der Waals surface area contributed by atoms with E-state index < -0.39 is 11.5 Å². The van der Waals surface area contributed by atoms with Crippen molar-refractivity contribution in [2.45, 2.75) is 82.2 Å². The van der Waals surface area contributed by atoms with E-state index in [1.807, 2.05) is 12.1 Å². The van der Waals surface area contributed by atoms with E-state index in [-0.39, 0.29) is 18.4 Å². The monoisotopic (exact) mass is 674 g/mol. The highest BCUT2D eigenvalue weighted by Gasteiger charge is 2.43. The molecule has 2 aliphatic carbocycles. The van der Waals surface area contributed by atoms with Crippen molar-refractivity contribution in [2.24, 2.45) is 0 Å². The smallest absolute Gasteiger partial charge is 0.328 e. The number of carbonyl (C=O) groups excluding carboxylic acids is 2. The summed E-state index contributed by atoms with van der Waals surface area (Å²) in [5, 5.41) is 26.2. The number of aryl methyl sites for hydroxylation is 1. The van der Waals surface area contributed by atoms with Crippen LogP contribution in [0.1, 0.15) is 91.6 Å². The highest BCUT2D eigenvalue weighted by molar-refractivity contribution is 6.06. The Morgan fingerprint density at radius 1 is 0.880 bits per heavy atom. The number of hydrogen-bond donors (Lipinski definition) is 4. The number of nitrogens with one attached hydrogen (secondary N) is 2. The van der Waals surface area contributed by atoms with Crippen LogP contribution in [0, 0.1) is 0 Å². The van der Waals surface area contributed by atoms with Gasteiger partial charge in [0.15, 0.2) is 0 Å². The SMILES string of the molecule is O=C(O)C=Cc1ccc(NC(=O)C2(NC(=O)c3ccc4c(C5CCCCC5)c5n(c4c3)CCCN(CCO)c3ccccc3-5)CCCC2)cc1. The van der Waals surface area contributed by atoms with E-state index in [4.69, 9.17) is 5.11 Å². The van der Waals surface area contributed by atoms with E-state index in [1.165, 1.54) is 47.5 Å². The number of aromatic nitrogens is 1. The molecule has 50 heavy (non-hydrogen) atoms. The number of anilines is 2. The Balaban J connectivity index is 1.22. The van der Waals surface area contributed by atoms with Gasteiger partial charge in [-0.1, -0.05) is 68.5 Å². The Morgan fingerprint density at radius 3 is 2.38 bits per heavy atom. The number of fused-ring (bicyclic) bond motifs is 5. The molecule has 2 saturated carbocycles. The predicted octanol–water partition coefficient (Wildman–Crippen LogP) is 7.34. The molecule has 3 aromatic carbocycles. The summed E-state index contributed by atoms with van der Waals surface area (Å²) < 4.78 is 2.43. The van der Waals surface area contributed by atoms with Crippen molar-refractivity contribution in [1.82, 2.24) is 9.88 Å². The Kier molecular flexibility index (Phi) is 9.76. The number of rotatable bonds is 9. The summed E-state index contributed by atoms with van der Waals surface area (Å²) in [6.45, 7) is 2.32. The number of aliphatic carboxylic acids is 1. The number of amides is 2. The lowest BCUT2D eigenvalue weighted by atomic mass is 9.81. The molecule has 0 unspecified atom stereocenters. The predicted molar refractivity (Wildman–Crippen MR) is 198 cm³/mol. The van der Waals surface area contributed by atoms with Crippen LogP contribution in [0.3, 0.4) is 0 Å². The first kappa shape index (κ1) is 33.6. The van der Waals surface area contributed by atoms with E-state index in [1.54, 1.807) is 24.3 Å². The van der Waals surface area contributed by atoms with E-state index in [0.29, 0.717) is 42.1 Å². The van der Waals surface area contributed by atoms with Gasteiger partial charge in [-0.05, 0) is 85.6 Å². The molecule has 7 rings (SSSR count). The van der Waals surface area contributed by atoms with Crippen LogP contribution in [0.2, 0.25) is 0 Å². The van der Waals surface area contributed by atoms with E-state index in [9.17, 15) is 19.5 Å². The molecule has 0 bridgehead atoms. The number of hydrogen-bond acceptors (Lipinski definition) is 5. The van der Waals surface area contributed by atoms with Crippen LogP contribution >= 0.6 is 0 Å². The van der Waals surface area contributed by atoms with Gasteiger partial charge < -0.3 is 30.3 Å². The molecule has 4 N–H and O–H groups in total. The Morgan fingerprint density at radius 2 is 1.64 bits per heavy atom. The van der Waals surface area contributed by atoms with Gasteiger partial charge in [-0.2, -0.15) is 0 Å². The zero-order valence-electron chi connectivity index (χ0n) is 28.5. The summed E-state index contributed by atoms with van der Waals surface area (Å²) in [5.74, 6) is -1.08. The summed E-state index contributed by atoms with van der Waals surface area (Å²) in [5.41, 5.74) is 6.80. The van der Waals surface area contributed by atoms with Crippen molar-refractivity contribution in [1.29, 1.82) is 0 Å².